The molecule has 0 spiro atoms. The average Bonchev–Trinajstić information content (AvgIpc) is 2.12. The molecular weight excluding hydrogens is 231 g/mol. The monoisotopic (exact) mass is 244 g/mol. The van der Waals surface area contributed by atoms with Gasteiger partial charge in [-0.2, -0.15) is 0 Å². The maximum absolute atomic E-state index is 6.13. The van der Waals surface area contributed by atoms with Crippen molar-refractivity contribution in [3.05, 3.63) is 33.8 Å². The van der Waals surface area contributed by atoms with Gasteiger partial charge in [0.2, 0.25) is 0 Å². The second kappa shape index (κ2) is 4.30. The summed E-state index contributed by atoms with van der Waals surface area (Å²) in [5.41, 5.74) is 12.8. The molecule has 82 valence electrons. The molecule has 0 saturated heterocycles. The van der Waals surface area contributed by atoms with Crippen LogP contribution >= 0.6 is 23.2 Å². The van der Waals surface area contributed by atoms with Gasteiger partial charge in [0.05, 0.1) is 0 Å². The number of rotatable bonds is 2. The van der Waals surface area contributed by atoms with E-state index in [4.69, 9.17) is 34.7 Å². The van der Waals surface area contributed by atoms with Crippen molar-refractivity contribution >= 4 is 23.2 Å². The number of nitrogens with two attached hydrogens (primary N) is 2. The van der Waals surface area contributed by atoms with Gasteiger partial charge in [0.15, 0.2) is 0 Å². The van der Waals surface area contributed by atoms with Crippen molar-refractivity contribution in [3.8, 4) is 0 Å². The van der Waals surface area contributed by atoms with E-state index >= 15 is 0 Å². The topological polar surface area (TPSA) is 52.0 Å². The number of halogens is 2. The zero-order valence-electron chi connectivity index (χ0n) is 8.29. The van der Waals surface area contributed by atoms with Gasteiger partial charge >= 0.3 is 0 Å². The molecule has 0 radical (unpaired) electrons. The Morgan fingerprint density at radius 3 is 2.47 bits per heavy atom. The Hall–Kier alpha value is -0.280. The molecule has 2 rings (SSSR count). The summed E-state index contributed by atoms with van der Waals surface area (Å²) in [6.45, 7) is 0. The van der Waals surface area contributed by atoms with Crippen molar-refractivity contribution in [3.63, 3.8) is 0 Å². The van der Waals surface area contributed by atoms with Gasteiger partial charge in [0, 0.05) is 22.1 Å². The van der Waals surface area contributed by atoms with E-state index in [-0.39, 0.29) is 6.04 Å². The van der Waals surface area contributed by atoms with E-state index in [1.807, 2.05) is 12.1 Å². The van der Waals surface area contributed by atoms with Crippen LogP contribution in [-0.4, -0.2) is 6.04 Å². The van der Waals surface area contributed by atoms with Crippen LogP contribution < -0.4 is 11.5 Å². The highest BCUT2D eigenvalue weighted by molar-refractivity contribution is 6.35. The van der Waals surface area contributed by atoms with Crippen molar-refractivity contribution in [2.75, 3.05) is 0 Å². The summed E-state index contributed by atoms with van der Waals surface area (Å²) in [6.07, 6.45) is 1.97. The minimum absolute atomic E-state index is 0.0189. The zero-order valence-corrected chi connectivity index (χ0v) is 9.80. The first kappa shape index (κ1) is 11.2. The molecule has 0 aliphatic heterocycles. The first-order chi connectivity index (χ1) is 7.08. The van der Waals surface area contributed by atoms with Crippen LogP contribution in [0.25, 0.3) is 0 Å². The Kier molecular flexibility index (Phi) is 3.21. The Bertz CT molecular complexity index is 362. The third-order valence-corrected chi connectivity index (χ3v) is 3.60. The van der Waals surface area contributed by atoms with E-state index in [0.29, 0.717) is 22.0 Å². The lowest BCUT2D eigenvalue weighted by Gasteiger charge is -2.37. The molecule has 1 aliphatic carbocycles. The highest BCUT2D eigenvalue weighted by Gasteiger charge is 2.32. The summed E-state index contributed by atoms with van der Waals surface area (Å²) in [5.74, 6) is 0.457. The average molecular weight is 245 g/mol. The van der Waals surface area contributed by atoms with Crippen LogP contribution in [0.4, 0.5) is 0 Å². The fraction of sp³-hybridized carbons (Fsp3) is 0.455. The maximum Gasteiger partial charge on any atom is 0.0468 e. The lowest BCUT2D eigenvalue weighted by molar-refractivity contribution is 0.224. The lowest BCUT2D eigenvalue weighted by atomic mass is 9.74. The summed E-state index contributed by atoms with van der Waals surface area (Å²) < 4.78 is 0. The van der Waals surface area contributed by atoms with Crippen molar-refractivity contribution < 1.29 is 0 Å². The number of hydrogen-bond acceptors (Lipinski definition) is 2. The predicted molar refractivity (Wildman–Crippen MR) is 64.1 cm³/mol. The minimum Gasteiger partial charge on any atom is -0.328 e. The molecule has 0 heterocycles. The Morgan fingerprint density at radius 1 is 1.27 bits per heavy atom. The van der Waals surface area contributed by atoms with Crippen molar-refractivity contribution in [2.45, 2.75) is 24.9 Å². The smallest absolute Gasteiger partial charge is 0.0468 e. The van der Waals surface area contributed by atoms with Crippen molar-refractivity contribution in [1.82, 2.24) is 0 Å². The molecule has 4 N–H and O–H groups in total. The third kappa shape index (κ3) is 2.28. The molecule has 15 heavy (non-hydrogen) atoms. The molecule has 0 aromatic heterocycles. The van der Waals surface area contributed by atoms with Crippen LogP contribution in [-0.2, 0) is 0 Å². The van der Waals surface area contributed by atoms with Crippen LogP contribution in [0.5, 0.6) is 0 Å². The quantitative estimate of drug-likeness (QED) is 0.841. The van der Waals surface area contributed by atoms with Gasteiger partial charge in [-0.15, -0.1) is 0 Å². The molecule has 0 amide bonds. The van der Waals surface area contributed by atoms with E-state index in [1.54, 1.807) is 6.07 Å². The predicted octanol–water partition coefficient (Wildman–Crippen LogP) is 2.73. The molecule has 0 bridgehead atoms. The molecule has 1 saturated carbocycles. The van der Waals surface area contributed by atoms with Gasteiger partial charge in [-0.1, -0.05) is 29.3 Å². The molecular formula is C11H14Cl2N2. The fourth-order valence-corrected chi connectivity index (χ4v) is 2.56. The zero-order chi connectivity index (χ0) is 11.0. The number of hydrogen-bond donors (Lipinski definition) is 2. The molecule has 1 fully saturated rings. The van der Waals surface area contributed by atoms with E-state index < -0.39 is 0 Å². The van der Waals surface area contributed by atoms with E-state index in [0.717, 1.165) is 18.4 Å². The second-order valence-corrected chi connectivity index (χ2v) is 5.03. The first-order valence-corrected chi connectivity index (χ1v) is 5.79. The second-order valence-electron chi connectivity index (χ2n) is 4.18. The molecule has 1 aliphatic rings. The molecule has 1 atom stereocenters. The van der Waals surface area contributed by atoms with E-state index in [9.17, 15) is 0 Å². The first-order valence-electron chi connectivity index (χ1n) is 5.04. The summed E-state index contributed by atoms with van der Waals surface area (Å²) in [6, 6.07) is 5.75. The molecule has 1 aromatic carbocycles. The third-order valence-electron chi connectivity index (χ3n) is 3.04. The molecule has 1 aromatic rings. The van der Waals surface area contributed by atoms with Crippen LogP contribution in [0.15, 0.2) is 18.2 Å². The summed E-state index contributed by atoms with van der Waals surface area (Å²) in [7, 11) is 0. The van der Waals surface area contributed by atoms with Gasteiger partial charge < -0.3 is 11.5 Å². The van der Waals surface area contributed by atoms with Crippen LogP contribution in [0.3, 0.4) is 0 Å². The van der Waals surface area contributed by atoms with Crippen LogP contribution in [0.1, 0.15) is 24.4 Å². The van der Waals surface area contributed by atoms with Crippen molar-refractivity contribution in [1.29, 1.82) is 0 Å². The standard InChI is InChI=1S/C11H14Cl2N2/c12-7-1-2-9(10(13)5-7)11(15)6-3-8(14)4-6/h1-2,5-6,8,11H,3-4,14-15H2. The number of benzene rings is 1. The summed E-state index contributed by atoms with van der Waals surface area (Å²) >= 11 is 11.9. The Morgan fingerprint density at radius 2 is 1.93 bits per heavy atom. The maximum atomic E-state index is 6.13. The summed E-state index contributed by atoms with van der Waals surface area (Å²) in [5, 5.41) is 1.29. The van der Waals surface area contributed by atoms with Gasteiger partial charge in [-0.3, -0.25) is 0 Å². The van der Waals surface area contributed by atoms with E-state index in [2.05, 4.69) is 0 Å². The highest BCUT2D eigenvalue weighted by Crippen LogP contribution is 2.38. The molecule has 2 nitrogen and oxygen atoms in total. The Labute approximate surface area is 99.5 Å². The lowest BCUT2D eigenvalue weighted by Crippen LogP contribution is -2.41. The summed E-state index contributed by atoms with van der Waals surface area (Å²) in [4.78, 5) is 0. The van der Waals surface area contributed by atoms with Gasteiger partial charge in [-0.05, 0) is 36.5 Å². The minimum atomic E-state index is -0.0189. The van der Waals surface area contributed by atoms with E-state index in [1.165, 1.54) is 0 Å². The fourth-order valence-electron chi connectivity index (χ4n) is 2.03. The molecule has 1 unspecified atom stereocenters. The van der Waals surface area contributed by atoms with Crippen LogP contribution in [0.2, 0.25) is 10.0 Å². The largest absolute Gasteiger partial charge is 0.328 e. The highest BCUT2D eigenvalue weighted by atomic mass is 35.5. The van der Waals surface area contributed by atoms with Crippen molar-refractivity contribution in [2.24, 2.45) is 17.4 Å². The van der Waals surface area contributed by atoms with Gasteiger partial charge in [0.1, 0.15) is 0 Å². The molecule has 4 heteroatoms. The van der Waals surface area contributed by atoms with Gasteiger partial charge in [0.25, 0.3) is 0 Å². The Balaban J connectivity index is 2.15. The normalized spacial score (nSPS) is 27.2. The van der Waals surface area contributed by atoms with Gasteiger partial charge in [-0.25, -0.2) is 0 Å². The SMILES string of the molecule is NC1CC(C(N)c2ccc(Cl)cc2Cl)C1. The van der Waals surface area contributed by atoms with Crippen LogP contribution in [0, 0.1) is 5.92 Å².